The van der Waals surface area contributed by atoms with E-state index in [9.17, 15) is 0 Å². The van der Waals surface area contributed by atoms with Crippen LogP contribution in [0.4, 0.5) is 0 Å². The van der Waals surface area contributed by atoms with Gasteiger partial charge in [-0.1, -0.05) is 194 Å². The molecule has 270 valence electrons. The maximum absolute atomic E-state index is 2.36. The molecule has 0 saturated heterocycles. The molecule has 0 heteroatoms. The summed E-state index contributed by atoms with van der Waals surface area (Å²) in [5, 5.41) is 9.93. The lowest BCUT2D eigenvalue weighted by molar-refractivity contribution is 1.62. The van der Waals surface area contributed by atoms with Crippen LogP contribution in [0.1, 0.15) is 0 Å². The van der Waals surface area contributed by atoms with Crippen LogP contribution >= 0.6 is 0 Å². The lowest BCUT2D eigenvalue weighted by Crippen LogP contribution is -1.91. The highest BCUT2D eigenvalue weighted by atomic mass is 14.2. The Bertz CT molecular complexity index is 3180. The summed E-state index contributed by atoms with van der Waals surface area (Å²) in [7, 11) is 0. The van der Waals surface area contributed by atoms with Crippen molar-refractivity contribution in [1.29, 1.82) is 0 Å². The van der Waals surface area contributed by atoms with E-state index in [1.807, 2.05) is 0 Å². The molecule has 0 spiro atoms. The van der Waals surface area contributed by atoms with Gasteiger partial charge in [-0.05, 0) is 146 Å². The largest absolute Gasteiger partial charge is 0.0622 e. The Morgan fingerprint density at radius 3 is 0.879 bits per heavy atom. The minimum absolute atomic E-state index is 1.21. The summed E-state index contributed by atoms with van der Waals surface area (Å²) in [4.78, 5) is 0. The van der Waals surface area contributed by atoms with E-state index in [0.29, 0.717) is 0 Å². The second-order valence-electron chi connectivity index (χ2n) is 15.3. The predicted octanol–water partition coefficient (Wildman–Crippen LogP) is 16.3. The van der Waals surface area contributed by atoms with Crippen molar-refractivity contribution in [3.63, 3.8) is 0 Å². The van der Waals surface area contributed by atoms with Gasteiger partial charge in [0.15, 0.2) is 0 Å². The molecule has 0 bridgehead atoms. The number of benzene rings is 11. The number of fused-ring (bicyclic) bond motifs is 4. The molecular weight excluding hydrogens is 697 g/mol. The highest BCUT2D eigenvalue weighted by Gasteiger charge is 2.16. The van der Waals surface area contributed by atoms with Gasteiger partial charge in [-0.3, -0.25) is 0 Å². The molecule has 0 N–H and O–H groups in total. The fraction of sp³-hybridized carbons (Fsp3) is 0. The minimum Gasteiger partial charge on any atom is -0.0622 e. The molecule has 11 aromatic carbocycles. The van der Waals surface area contributed by atoms with E-state index < -0.39 is 0 Å². The smallest absolute Gasteiger partial charge is 0.00206 e. The highest BCUT2D eigenvalue weighted by molar-refractivity contribution is 6.13. The SMILES string of the molecule is c1ccc(-c2ccc3cc(-c4ccc(-c5ccc6cc(-c7ccccc7)ccc6c5)c5c(-c6ccc7cc(-c8ccccc8)ccc7c6)cccc45)ccc3c2)cc1. The van der Waals surface area contributed by atoms with Gasteiger partial charge in [0.05, 0.1) is 0 Å². The molecule has 11 aromatic rings. The van der Waals surface area contributed by atoms with Crippen molar-refractivity contribution < 1.29 is 0 Å². The summed E-state index contributed by atoms with van der Waals surface area (Å²) < 4.78 is 0. The fourth-order valence-corrected chi connectivity index (χ4v) is 8.81. The third kappa shape index (κ3) is 6.13. The molecule has 0 heterocycles. The average Bonchev–Trinajstić information content (AvgIpc) is 3.31. The van der Waals surface area contributed by atoms with Crippen molar-refractivity contribution in [3.8, 4) is 66.8 Å². The number of hydrogen-bond donors (Lipinski definition) is 0. The van der Waals surface area contributed by atoms with Gasteiger partial charge in [-0.2, -0.15) is 0 Å². The van der Waals surface area contributed by atoms with Gasteiger partial charge in [0.1, 0.15) is 0 Å². The summed E-state index contributed by atoms with van der Waals surface area (Å²) in [6.07, 6.45) is 0. The predicted molar refractivity (Wildman–Crippen MR) is 249 cm³/mol. The van der Waals surface area contributed by atoms with Crippen LogP contribution in [0.25, 0.3) is 110 Å². The van der Waals surface area contributed by atoms with Crippen LogP contribution in [0.2, 0.25) is 0 Å². The maximum atomic E-state index is 2.36. The standard InChI is InChI=1S/C58H38/c1-4-11-39(12-5-1)42-19-22-48-36-51(28-25-45(48)33-42)54-31-32-56(53-30-27-47-35-44(21-24-50(47)38-53)41-15-8-3-9-16-41)58-55(17-10-18-57(54)58)52-29-26-46-34-43(20-23-49(46)37-52)40-13-6-2-7-14-40/h1-38H. The summed E-state index contributed by atoms with van der Waals surface area (Å²) >= 11 is 0. The maximum Gasteiger partial charge on any atom is -0.00206 e. The fourth-order valence-electron chi connectivity index (χ4n) is 8.81. The lowest BCUT2D eigenvalue weighted by Gasteiger charge is -2.17. The van der Waals surface area contributed by atoms with Crippen LogP contribution < -0.4 is 0 Å². The Balaban J connectivity index is 1.07. The van der Waals surface area contributed by atoms with E-state index >= 15 is 0 Å². The third-order valence-corrected chi connectivity index (χ3v) is 11.8. The molecule has 0 aliphatic heterocycles. The van der Waals surface area contributed by atoms with Gasteiger partial charge in [-0.15, -0.1) is 0 Å². The molecule has 0 aromatic heterocycles. The van der Waals surface area contributed by atoms with Gasteiger partial charge < -0.3 is 0 Å². The van der Waals surface area contributed by atoms with Crippen LogP contribution in [0.15, 0.2) is 231 Å². The van der Waals surface area contributed by atoms with Crippen molar-refractivity contribution in [2.24, 2.45) is 0 Å². The van der Waals surface area contributed by atoms with E-state index in [1.165, 1.54) is 110 Å². The van der Waals surface area contributed by atoms with Crippen LogP contribution in [0, 0.1) is 0 Å². The van der Waals surface area contributed by atoms with E-state index in [0.717, 1.165) is 0 Å². The molecule has 0 unspecified atom stereocenters. The van der Waals surface area contributed by atoms with Gasteiger partial charge in [0, 0.05) is 0 Å². The lowest BCUT2D eigenvalue weighted by atomic mass is 9.86. The van der Waals surface area contributed by atoms with Crippen LogP contribution in [0.5, 0.6) is 0 Å². The monoisotopic (exact) mass is 734 g/mol. The van der Waals surface area contributed by atoms with Crippen molar-refractivity contribution >= 4 is 43.1 Å². The minimum atomic E-state index is 1.21. The first-order valence-corrected chi connectivity index (χ1v) is 20.1. The van der Waals surface area contributed by atoms with Crippen molar-refractivity contribution in [2.75, 3.05) is 0 Å². The second kappa shape index (κ2) is 14.2. The van der Waals surface area contributed by atoms with Crippen molar-refractivity contribution in [1.82, 2.24) is 0 Å². The average molecular weight is 735 g/mol. The number of rotatable bonds is 6. The zero-order chi connectivity index (χ0) is 38.4. The van der Waals surface area contributed by atoms with E-state index in [1.54, 1.807) is 0 Å². The molecule has 58 heavy (non-hydrogen) atoms. The Hall–Kier alpha value is -7.54. The first-order chi connectivity index (χ1) is 28.7. The second-order valence-corrected chi connectivity index (χ2v) is 15.3. The first-order valence-electron chi connectivity index (χ1n) is 20.1. The van der Waals surface area contributed by atoms with Gasteiger partial charge in [0.2, 0.25) is 0 Å². The van der Waals surface area contributed by atoms with Crippen LogP contribution in [-0.2, 0) is 0 Å². The molecule has 0 amide bonds. The Kier molecular flexibility index (Phi) is 8.26. The van der Waals surface area contributed by atoms with Crippen LogP contribution in [-0.4, -0.2) is 0 Å². The van der Waals surface area contributed by atoms with Crippen molar-refractivity contribution in [2.45, 2.75) is 0 Å². The zero-order valence-corrected chi connectivity index (χ0v) is 31.9. The molecule has 0 saturated carbocycles. The molecule has 0 radical (unpaired) electrons. The van der Waals surface area contributed by atoms with Gasteiger partial charge in [0.25, 0.3) is 0 Å². The third-order valence-electron chi connectivity index (χ3n) is 11.8. The number of hydrogen-bond acceptors (Lipinski definition) is 0. The molecule has 0 nitrogen and oxygen atoms in total. The summed E-state index contributed by atoms with van der Waals surface area (Å²) in [5.74, 6) is 0. The quantitative estimate of drug-likeness (QED) is 0.160. The normalized spacial score (nSPS) is 11.4. The Morgan fingerprint density at radius 1 is 0.172 bits per heavy atom. The Labute approximate surface area is 339 Å². The van der Waals surface area contributed by atoms with E-state index in [-0.39, 0.29) is 0 Å². The first kappa shape index (κ1) is 33.8. The summed E-state index contributed by atoms with van der Waals surface area (Å²) in [6.45, 7) is 0. The highest BCUT2D eigenvalue weighted by Crippen LogP contribution is 2.43. The zero-order valence-electron chi connectivity index (χ0n) is 31.9. The molecule has 0 aliphatic carbocycles. The molecule has 0 atom stereocenters. The van der Waals surface area contributed by atoms with Gasteiger partial charge in [-0.25, -0.2) is 0 Å². The topological polar surface area (TPSA) is 0 Å². The molecule has 0 aliphatic rings. The molecule has 11 rings (SSSR count). The van der Waals surface area contributed by atoms with Gasteiger partial charge >= 0.3 is 0 Å². The van der Waals surface area contributed by atoms with E-state index in [4.69, 9.17) is 0 Å². The van der Waals surface area contributed by atoms with Crippen molar-refractivity contribution in [3.05, 3.63) is 231 Å². The van der Waals surface area contributed by atoms with E-state index in [2.05, 4.69) is 231 Å². The molecular formula is C58H38. The van der Waals surface area contributed by atoms with Crippen LogP contribution in [0.3, 0.4) is 0 Å². The summed E-state index contributed by atoms with van der Waals surface area (Å²) in [6, 6.07) is 84.7. The summed E-state index contributed by atoms with van der Waals surface area (Å²) in [5.41, 5.74) is 14.7. The molecule has 0 fully saturated rings. The Morgan fingerprint density at radius 2 is 0.483 bits per heavy atom.